The van der Waals surface area contributed by atoms with Crippen LogP contribution in [0, 0.1) is 6.92 Å². The quantitative estimate of drug-likeness (QED) is 0.0212. The molecule has 0 spiro atoms. The summed E-state index contributed by atoms with van der Waals surface area (Å²) in [6.07, 6.45) is 41.9. The van der Waals surface area contributed by atoms with Crippen molar-refractivity contribution >= 4 is 36.2 Å². The number of hydrogen-bond acceptors (Lipinski definition) is 11. The molecule has 69 heavy (non-hydrogen) atoms. The van der Waals surface area contributed by atoms with Crippen molar-refractivity contribution in [1.82, 2.24) is 15.3 Å². The van der Waals surface area contributed by atoms with E-state index in [9.17, 15) is 19.2 Å². The van der Waals surface area contributed by atoms with Crippen LogP contribution in [0.2, 0.25) is 0 Å². The van der Waals surface area contributed by atoms with Gasteiger partial charge < -0.3 is 29.2 Å². The van der Waals surface area contributed by atoms with Crippen LogP contribution in [0.3, 0.4) is 0 Å². The first-order valence-corrected chi connectivity index (χ1v) is 28.1. The van der Waals surface area contributed by atoms with Gasteiger partial charge in [0.2, 0.25) is 0 Å². The van der Waals surface area contributed by atoms with Crippen LogP contribution < -0.4 is 5.32 Å². The number of aryl methyl sites for hydroxylation is 1. The maximum atomic E-state index is 12.3. The van der Waals surface area contributed by atoms with Crippen molar-refractivity contribution in [3.8, 4) is 0 Å². The fourth-order valence-corrected chi connectivity index (χ4v) is 7.59. The van der Waals surface area contributed by atoms with Crippen LogP contribution in [-0.4, -0.2) is 79.0 Å². The lowest BCUT2D eigenvalue weighted by Gasteiger charge is -2.18. The molecular weight excluding hydrogens is 894 g/mol. The van der Waals surface area contributed by atoms with Crippen molar-refractivity contribution < 1.29 is 42.4 Å². The summed E-state index contributed by atoms with van der Waals surface area (Å²) in [7, 11) is 0. The number of hydrogen-bond donors (Lipinski definition) is 2. The first-order chi connectivity index (χ1) is 33.7. The molecule has 1 saturated heterocycles. The van der Waals surface area contributed by atoms with E-state index in [1.165, 1.54) is 102 Å². The molecule has 13 heteroatoms. The lowest BCUT2D eigenvalue weighted by Crippen LogP contribution is -2.20. The fourth-order valence-electron chi connectivity index (χ4n) is 7.48. The summed E-state index contributed by atoms with van der Waals surface area (Å²) >= 11 is 5.23. The van der Waals surface area contributed by atoms with Gasteiger partial charge in [-0.3, -0.25) is 18.7 Å². The average molecular weight is 1000 g/mol. The molecule has 1 fully saturated rings. The Morgan fingerprint density at radius 2 is 1.16 bits per heavy atom. The number of H-pyrrole nitrogens is 1. The minimum absolute atomic E-state index is 0.00647. The Bertz CT molecular complexity index is 1220. The first-order valence-electron chi connectivity index (χ1n) is 27.8. The van der Waals surface area contributed by atoms with Crippen LogP contribution in [0.15, 0.2) is 25.0 Å². The van der Waals surface area contributed by atoms with Crippen LogP contribution in [0.1, 0.15) is 259 Å². The zero-order valence-electron chi connectivity index (χ0n) is 45.4. The molecule has 1 aliphatic heterocycles. The molecule has 3 unspecified atom stereocenters. The standard InChI is InChI=1S/C25H47ClO5.C17H34O2.C8H13NO2.C4H6N2.C2H6/c1-2-3-4-5-8-13-18-24(19-14-9-6-12-17-22-30-26)31-25(28)20-15-10-7-11-16-21-29-23-27;1-3-5-7-8-9-10-11-12-14-16-19-17(18)15-13-6-4-2;1-3-8(10)11-7-4-6(2)9-5-7;1-4-5-2-3-6-4;1-2/h23-24H,2-22H2,1H3;3-16H2,1-2H3;3,6-7,9H,1,4-5H2,2H3;2-3H,1H3,(H,5,6);1-2H3. The number of imidazole rings is 1. The Kier molecular flexibility index (Phi) is 60.5. The third-order valence-electron chi connectivity index (χ3n) is 11.5. The monoisotopic (exact) mass is 1000 g/mol. The smallest absolute Gasteiger partial charge is 0.330 e. The number of carbonyl (C=O) groups excluding carboxylic acids is 4. The summed E-state index contributed by atoms with van der Waals surface area (Å²) in [5.41, 5.74) is 0. The number of ether oxygens (including phenoxy) is 4. The zero-order valence-corrected chi connectivity index (χ0v) is 46.2. The second-order valence-corrected chi connectivity index (χ2v) is 18.2. The minimum atomic E-state index is -0.328. The van der Waals surface area contributed by atoms with Crippen molar-refractivity contribution in [2.45, 2.75) is 279 Å². The molecule has 12 nitrogen and oxygen atoms in total. The van der Waals surface area contributed by atoms with Crippen molar-refractivity contribution in [2.75, 3.05) is 26.4 Å². The summed E-state index contributed by atoms with van der Waals surface area (Å²) in [5.74, 6) is 0.591. The van der Waals surface area contributed by atoms with E-state index in [-0.39, 0.29) is 30.1 Å². The summed E-state index contributed by atoms with van der Waals surface area (Å²) in [6, 6.07) is 0.456. The fraction of sp³-hybridized carbons (Fsp3) is 0.839. The van der Waals surface area contributed by atoms with Crippen molar-refractivity contribution in [1.29, 1.82) is 0 Å². The number of esters is 3. The predicted molar refractivity (Wildman–Crippen MR) is 286 cm³/mol. The lowest BCUT2D eigenvalue weighted by atomic mass is 10.0. The number of halogens is 1. The Labute approximate surface area is 428 Å². The number of rotatable bonds is 41. The van der Waals surface area contributed by atoms with Crippen LogP contribution in [0.4, 0.5) is 0 Å². The normalized spacial score (nSPS) is 13.9. The van der Waals surface area contributed by atoms with E-state index in [0.717, 1.165) is 115 Å². The second kappa shape index (κ2) is 59.3. The number of nitrogens with zero attached hydrogens (tertiary/aromatic N) is 1. The van der Waals surface area contributed by atoms with Crippen molar-refractivity contribution in [3.63, 3.8) is 0 Å². The van der Waals surface area contributed by atoms with Gasteiger partial charge in [0.1, 0.15) is 18.0 Å². The molecule has 406 valence electrons. The average Bonchev–Trinajstić information content (AvgIpc) is 4.02. The molecule has 1 aromatic heterocycles. The van der Waals surface area contributed by atoms with Crippen molar-refractivity contribution in [2.24, 2.45) is 0 Å². The highest BCUT2D eigenvalue weighted by atomic mass is 35.5. The van der Waals surface area contributed by atoms with Crippen LogP contribution in [-0.2, 0) is 42.4 Å². The maximum absolute atomic E-state index is 12.3. The van der Waals surface area contributed by atoms with Crippen molar-refractivity contribution in [3.05, 3.63) is 30.9 Å². The van der Waals surface area contributed by atoms with Gasteiger partial charge in [0.05, 0.1) is 31.7 Å². The molecule has 0 aliphatic carbocycles. The summed E-state index contributed by atoms with van der Waals surface area (Å²) in [5, 5.41) is 3.19. The van der Waals surface area contributed by atoms with E-state index >= 15 is 0 Å². The third kappa shape index (κ3) is 57.5. The molecule has 0 bridgehead atoms. The van der Waals surface area contributed by atoms with Gasteiger partial charge in [-0.25, -0.2) is 9.78 Å². The highest BCUT2D eigenvalue weighted by molar-refractivity contribution is 6.07. The Morgan fingerprint density at radius 1 is 0.696 bits per heavy atom. The van der Waals surface area contributed by atoms with Gasteiger partial charge in [-0.05, 0) is 71.6 Å². The Hall–Kier alpha value is -2.96. The van der Waals surface area contributed by atoms with Gasteiger partial charge in [0.25, 0.3) is 6.47 Å². The summed E-state index contributed by atoms with van der Waals surface area (Å²) in [4.78, 5) is 51.2. The SMILES string of the molecule is C=CC(=O)OC1CNC(C)C1.CC.CCCCCCCCC(CCCCCCCOCl)OC(=O)CCCCCCCOC=O.CCCCCCCCCCCOC(=O)CCCCC.Cc1ncc[nH]1. The van der Waals surface area contributed by atoms with E-state index in [0.29, 0.717) is 45.2 Å². The molecule has 2 N–H and O–H groups in total. The van der Waals surface area contributed by atoms with Crippen LogP contribution in [0.5, 0.6) is 0 Å². The highest BCUT2D eigenvalue weighted by Gasteiger charge is 2.22. The second-order valence-electron chi connectivity index (χ2n) is 18.0. The number of carbonyl (C=O) groups is 4. The molecule has 0 aromatic carbocycles. The molecule has 0 radical (unpaired) electrons. The summed E-state index contributed by atoms with van der Waals surface area (Å²) in [6.45, 7) is 20.9. The predicted octanol–water partition coefficient (Wildman–Crippen LogP) is 15.5. The Morgan fingerprint density at radius 3 is 1.61 bits per heavy atom. The van der Waals surface area contributed by atoms with E-state index < -0.39 is 0 Å². The molecule has 0 saturated carbocycles. The van der Waals surface area contributed by atoms with Crippen LogP contribution >= 0.6 is 11.9 Å². The van der Waals surface area contributed by atoms with Gasteiger partial charge in [0, 0.05) is 50.3 Å². The third-order valence-corrected chi connectivity index (χ3v) is 11.7. The molecule has 0 amide bonds. The van der Waals surface area contributed by atoms with E-state index in [1.54, 1.807) is 12.4 Å². The zero-order chi connectivity index (χ0) is 51.7. The molecule has 1 aromatic rings. The van der Waals surface area contributed by atoms with Gasteiger partial charge in [0.15, 0.2) is 0 Å². The van der Waals surface area contributed by atoms with E-state index in [4.69, 9.17) is 26.1 Å². The Balaban J connectivity index is -0.000000957. The van der Waals surface area contributed by atoms with Gasteiger partial charge in [-0.15, -0.1) is 0 Å². The molecule has 3 atom stereocenters. The molecule has 1 aliphatic rings. The number of unbranched alkanes of at least 4 members (excludes halogenated alkanes) is 23. The van der Waals surface area contributed by atoms with E-state index in [2.05, 4.69) is 58.6 Å². The van der Waals surface area contributed by atoms with Crippen LogP contribution in [0.25, 0.3) is 0 Å². The number of nitrogens with one attached hydrogen (secondary N) is 2. The largest absolute Gasteiger partial charge is 0.468 e. The van der Waals surface area contributed by atoms with Gasteiger partial charge in [-0.1, -0.05) is 176 Å². The molecular formula is C56H106ClN3O9. The topological polar surface area (TPSA) is 155 Å². The maximum Gasteiger partial charge on any atom is 0.330 e. The van der Waals surface area contributed by atoms with Gasteiger partial charge >= 0.3 is 17.9 Å². The van der Waals surface area contributed by atoms with E-state index in [1.807, 2.05) is 20.8 Å². The highest BCUT2D eigenvalue weighted by Crippen LogP contribution is 2.18. The first kappa shape index (κ1) is 70.3. The molecule has 2 heterocycles. The number of aromatic amines is 1. The lowest BCUT2D eigenvalue weighted by molar-refractivity contribution is -0.150. The minimum Gasteiger partial charge on any atom is -0.468 e. The number of aromatic nitrogens is 2. The molecule has 2 rings (SSSR count). The van der Waals surface area contributed by atoms with Gasteiger partial charge in [-0.2, -0.15) is 0 Å². The summed E-state index contributed by atoms with van der Waals surface area (Å²) < 4.78 is 25.3.